The van der Waals surface area contributed by atoms with Crippen LogP contribution in [-0.2, 0) is 14.8 Å². The van der Waals surface area contributed by atoms with E-state index in [9.17, 15) is 13.2 Å². The minimum Gasteiger partial charge on any atom is -0.480 e. The Hall–Kier alpha value is -0.620. The summed E-state index contributed by atoms with van der Waals surface area (Å²) in [6, 6.07) is 0. The average molecular weight is 221 g/mol. The van der Waals surface area contributed by atoms with Crippen molar-refractivity contribution in [1.82, 2.24) is 4.72 Å². The van der Waals surface area contributed by atoms with Crippen LogP contribution < -0.4 is 4.72 Å². The molecule has 6 heteroatoms. The molecule has 1 aliphatic rings. The lowest BCUT2D eigenvalue weighted by Gasteiger charge is -2.21. The minimum atomic E-state index is -3.41. The van der Waals surface area contributed by atoms with Crippen LogP contribution in [0.15, 0.2) is 0 Å². The Labute approximate surface area is 83.6 Å². The van der Waals surface area contributed by atoms with Gasteiger partial charge in [-0.25, -0.2) is 13.1 Å². The third-order valence-corrected chi connectivity index (χ3v) is 4.31. The Balaban J connectivity index is 2.50. The summed E-state index contributed by atoms with van der Waals surface area (Å²) >= 11 is 0. The van der Waals surface area contributed by atoms with E-state index in [1.54, 1.807) is 0 Å². The number of hydrogen-bond donors (Lipinski definition) is 2. The van der Waals surface area contributed by atoms with E-state index in [-0.39, 0.29) is 0 Å². The van der Waals surface area contributed by atoms with Crippen LogP contribution in [0.3, 0.4) is 0 Å². The van der Waals surface area contributed by atoms with Gasteiger partial charge in [0.1, 0.15) is 6.54 Å². The first-order chi connectivity index (χ1) is 6.52. The molecule has 0 aliphatic heterocycles. The topological polar surface area (TPSA) is 83.5 Å². The third kappa shape index (κ3) is 3.26. The summed E-state index contributed by atoms with van der Waals surface area (Å²) in [5.74, 6) is -1.15. The van der Waals surface area contributed by atoms with E-state index in [0.717, 1.165) is 19.3 Å². The maximum atomic E-state index is 11.5. The molecule has 0 unspecified atom stereocenters. The van der Waals surface area contributed by atoms with Gasteiger partial charge in [0.2, 0.25) is 10.0 Å². The minimum absolute atomic E-state index is 0.393. The molecule has 0 amide bonds. The third-order valence-electron chi connectivity index (χ3n) is 2.42. The molecule has 0 bridgehead atoms. The van der Waals surface area contributed by atoms with Gasteiger partial charge in [0.15, 0.2) is 0 Å². The molecule has 0 spiro atoms. The summed E-state index contributed by atoms with van der Waals surface area (Å²) in [5.41, 5.74) is 0. The van der Waals surface area contributed by atoms with E-state index >= 15 is 0 Å². The van der Waals surface area contributed by atoms with Crippen LogP contribution in [0, 0.1) is 0 Å². The number of carboxylic acids is 1. The first-order valence-electron chi connectivity index (χ1n) is 4.72. The molecule has 82 valence electrons. The van der Waals surface area contributed by atoms with Crippen LogP contribution in [0.5, 0.6) is 0 Å². The molecule has 1 fully saturated rings. The van der Waals surface area contributed by atoms with Crippen molar-refractivity contribution in [2.45, 2.75) is 37.4 Å². The van der Waals surface area contributed by atoms with Crippen molar-refractivity contribution >= 4 is 16.0 Å². The van der Waals surface area contributed by atoms with Gasteiger partial charge >= 0.3 is 5.97 Å². The zero-order chi connectivity index (χ0) is 10.6. The number of carbonyl (C=O) groups is 1. The van der Waals surface area contributed by atoms with Crippen LogP contribution in [0.2, 0.25) is 0 Å². The zero-order valence-electron chi connectivity index (χ0n) is 7.90. The van der Waals surface area contributed by atoms with Crippen molar-refractivity contribution in [2.24, 2.45) is 0 Å². The monoisotopic (exact) mass is 221 g/mol. The molecule has 0 atom stereocenters. The summed E-state index contributed by atoms with van der Waals surface area (Å²) in [5, 5.41) is 7.96. The number of rotatable bonds is 4. The van der Waals surface area contributed by atoms with E-state index in [1.165, 1.54) is 0 Å². The van der Waals surface area contributed by atoms with Crippen molar-refractivity contribution < 1.29 is 18.3 Å². The van der Waals surface area contributed by atoms with Gasteiger partial charge in [-0.05, 0) is 12.8 Å². The standard InChI is InChI=1S/C8H15NO4S/c10-8(11)6-9-14(12,13)7-4-2-1-3-5-7/h7,9H,1-6H2,(H,10,11). The second-order valence-corrected chi connectivity index (χ2v) is 5.57. The zero-order valence-corrected chi connectivity index (χ0v) is 8.72. The second-order valence-electron chi connectivity index (χ2n) is 3.52. The van der Waals surface area contributed by atoms with Crippen LogP contribution in [0.25, 0.3) is 0 Å². The highest BCUT2D eigenvalue weighted by atomic mass is 32.2. The average Bonchev–Trinajstić information content (AvgIpc) is 2.16. The predicted octanol–water partition coefficient (Wildman–Crippen LogP) is 0.323. The number of hydrogen-bond acceptors (Lipinski definition) is 3. The molecule has 5 nitrogen and oxygen atoms in total. The molecule has 0 aromatic rings. The number of nitrogens with one attached hydrogen (secondary N) is 1. The van der Waals surface area contributed by atoms with E-state index < -0.39 is 27.8 Å². The quantitative estimate of drug-likeness (QED) is 0.716. The van der Waals surface area contributed by atoms with Gasteiger partial charge < -0.3 is 5.11 Å². The van der Waals surface area contributed by atoms with Crippen LogP contribution in [0.4, 0.5) is 0 Å². The van der Waals surface area contributed by atoms with Gasteiger partial charge in [0.05, 0.1) is 5.25 Å². The van der Waals surface area contributed by atoms with Crippen molar-refractivity contribution in [3.8, 4) is 0 Å². The highest BCUT2D eigenvalue weighted by molar-refractivity contribution is 7.90. The van der Waals surface area contributed by atoms with Crippen molar-refractivity contribution in [3.63, 3.8) is 0 Å². The Morgan fingerprint density at radius 2 is 1.86 bits per heavy atom. The molecule has 0 aromatic carbocycles. The molecule has 0 heterocycles. The molecule has 1 rings (SSSR count). The highest BCUT2D eigenvalue weighted by Crippen LogP contribution is 2.22. The molecule has 1 aliphatic carbocycles. The Morgan fingerprint density at radius 3 is 2.36 bits per heavy atom. The Kier molecular flexibility index (Phi) is 3.88. The lowest BCUT2D eigenvalue weighted by molar-refractivity contribution is -0.135. The van der Waals surface area contributed by atoms with E-state index in [0.29, 0.717) is 12.8 Å². The summed E-state index contributed by atoms with van der Waals surface area (Å²) in [4.78, 5) is 10.2. The lowest BCUT2D eigenvalue weighted by Crippen LogP contribution is -2.38. The van der Waals surface area contributed by atoms with Crippen molar-refractivity contribution in [3.05, 3.63) is 0 Å². The highest BCUT2D eigenvalue weighted by Gasteiger charge is 2.27. The molecule has 14 heavy (non-hydrogen) atoms. The SMILES string of the molecule is O=C(O)CNS(=O)(=O)C1CCCCC1. The molecule has 0 aromatic heterocycles. The summed E-state index contributed by atoms with van der Waals surface area (Å²) in [6.07, 6.45) is 4.20. The summed E-state index contributed by atoms with van der Waals surface area (Å²) in [6.45, 7) is -0.515. The summed E-state index contributed by atoms with van der Waals surface area (Å²) < 4.78 is 25.1. The Morgan fingerprint density at radius 1 is 1.29 bits per heavy atom. The predicted molar refractivity (Wildman–Crippen MR) is 51.4 cm³/mol. The molecular formula is C8H15NO4S. The van der Waals surface area contributed by atoms with Gasteiger partial charge in [-0.3, -0.25) is 4.79 Å². The number of sulfonamides is 1. The van der Waals surface area contributed by atoms with Gasteiger partial charge in [-0.2, -0.15) is 0 Å². The fourth-order valence-electron chi connectivity index (χ4n) is 1.66. The fourth-order valence-corrected chi connectivity index (χ4v) is 3.17. The smallest absolute Gasteiger partial charge is 0.318 e. The molecular weight excluding hydrogens is 206 g/mol. The molecule has 2 N–H and O–H groups in total. The molecule has 1 saturated carbocycles. The van der Waals surface area contributed by atoms with Crippen molar-refractivity contribution in [1.29, 1.82) is 0 Å². The number of carboxylic acid groups (broad SMARTS) is 1. The molecule has 0 radical (unpaired) electrons. The second kappa shape index (κ2) is 4.75. The van der Waals surface area contributed by atoms with E-state index in [2.05, 4.69) is 4.72 Å². The number of aliphatic carboxylic acids is 1. The van der Waals surface area contributed by atoms with Crippen LogP contribution in [0.1, 0.15) is 32.1 Å². The van der Waals surface area contributed by atoms with Gasteiger partial charge in [-0.1, -0.05) is 19.3 Å². The normalized spacial score (nSPS) is 19.4. The first kappa shape index (κ1) is 11.5. The van der Waals surface area contributed by atoms with Gasteiger partial charge in [0, 0.05) is 0 Å². The molecule has 0 saturated heterocycles. The summed E-state index contributed by atoms with van der Waals surface area (Å²) in [7, 11) is -3.41. The van der Waals surface area contributed by atoms with Gasteiger partial charge in [-0.15, -0.1) is 0 Å². The van der Waals surface area contributed by atoms with Crippen LogP contribution in [-0.4, -0.2) is 31.3 Å². The first-order valence-corrected chi connectivity index (χ1v) is 6.27. The van der Waals surface area contributed by atoms with Crippen LogP contribution >= 0.6 is 0 Å². The largest absolute Gasteiger partial charge is 0.480 e. The van der Waals surface area contributed by atoms with Crippen molar-refractivity contribution in [2.75, 3.05) is 6.54 Å². The van der Waals surface area contributed by atoms with E-state index in [1.807, 2.05) is 0 Å². The van der Waals surface area contributed by atoms with E-state index in [4.69, 9.17) is 5.11 Å². The Bertz CT molecular complexity index is 292. The maximum Gasteiger partial charge on any atom is 0.318 e. The van der Waals surface area contributed by atoms with Gasteiger partial charge in [0.25, 0.3) is 0 Å². The fraction of sp³-hybridized carbons (Fsp3) is 0.875. The lowest BCUT2D eigenvalue weighted by atomic mass is 10.0. The maximum absolute atomic E-state index is 11.5.